The summed E-state index contributed by atoms with van der Waals surface area (Å²) in [5.41, 5.74) is 7.27. The van der Waals surface area contributed by atoms with Gasteiger partial charge in [-0.25, -0.2) is 0 Å². The van der Waals surface area contributed by atoms with Crippen molar-refractivity contribution < 1.29 is 5.11 Å². The predicted octanol–water partition coefficient (Wildman–Crippen LogP) is 3.26. The Labute approximate surface area is 111 Å². The third-order valence-electron chi connectivity index (χ3n) is 2.64. The smallest absolute Gasteiger partial charge is 0.0879 e. The summed E-state index contributed by atoms with van der Waals surface area (Å²) < 4.78 is 1.23. The highest BCUT2D eigenvalue weighted by Gasteiger charge is 2.11. The van der Waals surface area contributed by atoms with E-state index >= 15 is 0 Å². The summed E-state index contributed by atoms with van der Waals surface area (Å²) in [6.07, 6.45) is 1.61. The normalized spacial score (nSPS) is 14.4. The van der Waals surface area contributed by atoms with Crippen LogP contribution in [0.5, 0.6) is 0 Å². The number of rotatable bonds is 5. The van der Waals surface area contributed by atoms with Gasteiger partial charge in [-0.2, -0.15) is 0 Å². The van der Waals surface area contributed by atoms with Gasteiger partial charge in [-0.05, 0) is 53.1 Å². The molecule has 0 heterocycles. The highest BCUT2D eigenvalue weighted by atomic mass is 127. The Morgan fingerprint density at radius 2 is 2.00 bits per heavy atom. The maximum atomic E-state index is 9.22. The van der Waals surface area contributed by atoms with Crippen molar-refractivity contribution in [1.29, 1.82) is 0 Å². The van der Waals surface area contributed by atoms with Gasteiger partial charge in [0.05, 0.1) is 5.76 Å². The number of hydrogen-bond donors (Lipinski definition) is 2. The molecule has 1 aromatic carbocycles. The van der Waals surface area contributed by atoms with Gasteiger partial charge in [-0.1, -0.05) is 25.6 Å². The van der Waals surface area contributed by atoms with Crippen LogP contribution in [0, 0.1) is 9.49 Å². The van der Waals surface area contributed by atoms with Gasteiger partial charge in [0.2, 0.25) is 0 Å². The van der Waals surface area contributed by atoms with Gasteiger partial charge in [-0.3, -0.25) is 0 Å². The van der Waals surface area contributed by atoms with Crippen LogP contribution in [0.2, 0.25) is 0 Å². The van der Waals surface area contributed by atoms with Crippen LogP contribution in [-0.2, 0) is 6.42 Å². The minimum Gasteiger partial charge on any atom is -0.513 e. The van der Waals surface area contributed by atoms with Crippen LogP contribution in [0.25, 0.3) is 0 Å². The highest BCUT2D eigenvalue weighted by Crippen LogP contribution is 2.15. The lowest BCUT2D eigenvalue weighted by atomic mass is 9.96. The number of aliphatic hydroxyl groups is 1. The fourth-order valence-electron chi connectivity index (χ4n) is 1.60. The molecule has 1 aromatic rings. The summed E-state index contributed by atoms with van der Waals surface area (Å²) in [6.45, 7) is 5.47. The standard InChI is InChI=1S/C13H18INO/c1-9(10(2)16)7-13(15)8-11-3-5-12(14)6-4-11/h3-6,9,13,16H,2,7-8,15H2,1H3/t9-,13+/m0/s1. The van der Waals surface area contributed by atoms with E-state index in [4.69, 9.17) is 5.73 Å². The zero-order valence-electron chi connectivity index (χ0n) is 9.49. The molecular formula is C13H18INO. The summed E-state index contributed by atoms with van der Waals surface area (Å²) in [6, 6.07) is 8.42. The molecule has 0 bridgehead atoms. The maximum absolute atomic E-state index is 9.22. The number of hydrogen-bond acceptors (Lipinski definition) is 2. The Kier molecular flexibility index (Phi) is 5.28. The van der Waals surface area contributed by atoms with Crippen LogP contribution < -0.4 is 5.73 Å². The van der Waals surface area contributed by atoms with Crippen molar-refractivity contribution >= 4 is 22.6 Å². The molecule has 0 aliphatic carbocycles. The molecule has 0 radical (unpaired) electrons. The second-order valence-corrected chi connectivity index (χ2v) is 5.46. The number of aliphatic hydroxyl groups excluding tert-OH is 1. The largest absolute Gasteiger partial charge is 0.513 e. The molecule has 2 nitrogen and oxygen atoms in total. The maximum Gasteiger partial charge on any atom is 0.0879 e. The average molecular weight is 331 g/mol. The average Bonchev–Trinajstić information content (AvgIpc) is 2.21. The van der Waals surface area contributed by atoms with Crippen molar-refractivity contribution in [2.24, 2.45) is 11.7 Å². The van der Waals surface area contributed by atoms with Crippen molar-refractivity contribution in [2.45, 2.75) is 25.8 Å². The summed E-state index contributed by atoms with van der Waals surface area (Å²) in [5, 5.41) is 9.22. The van der Waals surface area contributed by atoms with Gasteiger partial charge in [0, 0.05) is 15.5 Å². The van der Waals surface area contributed by atoms with Gasteiger partial charge >= 0.3 is 0 Å². The lowest BCUT2D eigenvalue weighted by Gasteiger charge is -2.16. The van der Waals surface area contributed by atoms with Crippen molar-refractivity contribution in [3.8, 4) is 0 Å². The van der Waals surface area contributed by atoms with Crippen LogP contribution in [0.4, 0.5) is 0 Å². The molecule has 0 aliphatic heterocycles. The van der Waals surface area contributed by atoms with E-state index in [-0.39, 0.29) is 17.7 Å². The van der Waals surface area contributed by atoms with E-state index in [0.717, 1.165) is 12.8 Å². The number of halogens is 1. The molecular weight excluding hydrogens is 313 g/mol. The molecule has 0 saturated heterocycles. The Morgan fingerprint density at radius 1 is 1.44 bits per heavy atom. The third kappa shape index (κ3) is 4.53. The van der Waals surface area contributed by atoms with E-state index < -0.39 is 0 Å². The zero-order valence-corrected chi connectivity index (χ0v) is 11.6. The molecule has 0 saturated carbocycles. The van der Waals surface area contributed by atoms with E-state index in [1.165, 1.54) is 9.13 Å². The fraction of sp³-hybridized carbons (Fsp3) is 0.385. The predicted molar refractivity (Wildman–Crippen MR) is 76.4 cm³/mol. The molecule has 0 spiro atoms. The molecule has 3 N–H and O–H groups in total. The van der Waals surface area contributed by atoms with Crippen LogP contribution >= 0.6 is 22.6 Å². The van der Waals surface area contributed by atoms with Gasteiger partial charge in [-0.15, -0.1) is 0 Å². The Balaban J connectivity index is 2.48. The molecule has 1 rings (SSSR count). The minimum absolute atomic E-state index is 0.0684. The number of nitrogens with two attached hydrogens (primary N) is 1. The number of allylic oxidation sites excluding steroid dienone is 1. The van der Waals surface area contributed by atoms with Crippen LogP contribution in [-0.4, -0.2) is 11.1 Å². The van der Waals surface area contributed by atoms with Crippen LogP contribution in [0.15, 0.2) is 36.6 Å². The Morgan fingerprint density at radius 3 is 2.50 bits per heavy atom. The lowest BCUT2D eigenvalue weighted by Crippen LogP contribution is -2.25. The van der Waals surface area contributed by atoms with E-state index in [1.54, 1.807) is 0 Å². The molecule has 3 heteroatoms. The first kappa shape index (κ1) is 13.5. The quantitative estimate of drug-likeness (QED) is 0.643. The molecule has 0 aliphatic rings. The molecule has 0 unspecified atom stereocenters. The first-order valence-electron chi connectivity index (χ1n) is 5.37. The van der Waals surface area contributed by atoms with E-state index in [2.05, 4.69) is 53.4 Å². The van der Waals surface area contributed by atoms with Crippen molar-refractivity contribution in [3.05, 3.63) is 45.7 Å². The minimum atomic E-state index is 0.0684. The van der Waals surface area contributed by atoms with Gasteiger partial charge in [0.25, 0.3) is 0 Å². The Hall–Kier alpha value is -0.550. The third-order valence-corrected chi connectivity index (χ3v) is 3.36. The van der Waals surface area contributed by atoms with Crippen LogP contribution in [0.1, 0.15) is 18.9 Å². The second kappa shape index (κ2) is 6.25. The first-order valence-corrected chi connectivity index (χ1v) is 6.44. The molecule has 16 heavy (non-hydrogen) atoms. The first-order chi connectivity index (χ1) is 7.49. The van der Waals surface area contributed by atoms with Crippen molar-refractivity contribution in [1.82, 2.24) is 0 Å². The van der Waals surface area contributed by atoms with E-state index in [0.29, 0.717) is 0 Å². The molecule has 0 fully saturated rings. The lowest BCUT2D eigenvalue weighted by molar-refractivity contribution is 0.322. The highest BCUT2D eigenvalue weighted by molar-refractivity contribution is 14.1. The van der Waals surface area contributed by atoms with Crippen molar-refractivity contribution in [2.75, 3.05) is 0 Å². The fourth-order valence-corrected chi connectivity index (χ4v) is 1.96. The molecule has 2 atom stereocenters. The zero-order chi connectivity index (χ0) is 12.1. The van der Waals surface area contributed by atoms with Gasteiger partial charge < -0.3 is 10.8 Å². The summed E-state index contributed by atoms with van der Waals surface area (Å²) in [7, 11) is 0. The summed E-state index contributed by atoms with van der Waals surface area (Å²) >= 11 is 2.28. The van der Waals surface area contributed by atoms with E-state index in [1.807, 2.05) is 6.92 Å². The van der Waals surface area contributed by atoms with Gasteiger partial charge in [0.15, 0.2) is 0 Å². The second-order valence-electron chi connectivity index (χ2n) is 4.22. The van der Waals surface area contributed by atoms with Crippen molar-refractivity contribution in [3.63, 3.8) is 0 Å². The topological polar surface area (TPSA) is 46.2 Å². The monoisotopic (exact) mass is 331 g/mol. The molecule has 0 aromatic heterocycles. The Bertz CT molecular complexity index is 347. The molecule has 88 valence electrons. The summed E-state index contributed by atoms with van der Waals surface area (Å²) in [4.78, 5) is 0. The van der Waals surface area contributed by atoms with E-state index in [9.17, 15) is 5.11 Å². The van der Waals surface area contributed by atoms with Crippen LogP contribution in [0.3, 0.4) is 0 Å². The number of benzene rings is 1. The SMILES string of the molecule is C=C(O)[C@@H](C)C[C@@H](N)Cc1ccc(I)cc1. The molecule has 0 amide bonds. The van der Waals surface area contributed by atoms with Gasteiger partial charge in [0.1, 0.15) is 0 Å². The summed E-state index contributed by atoms with van der Waals surface area (Å²) in [5.74, 6) is 0.289.